The van der Waals surface area contributed by atoms with Crippen LogP contribution in [0.4, 0.5) is 0 Å². The molecule has 10 heteroatoms. The number of aromatic nitrogens is 7. The van der Waals surface area contributed by atoms with Crippen LogP contribution in [0.15, 0.2) is 48.0 Å². The number of aromatic amines is 1. The minimum Gasteiger partial charge on any atom is -0.345 e. The van der Waals surface area contributed by atoms with E-state index in [9.17, 15) is 9.59 Å². The lowest BCUT2D eigenvalue weighted by atomic mass is 10.2. The average molecular weight is 362 g/mol. The number of nitrogens with one attached hydrogen (secondary N) is 2. The van der Waals surface area contributed by atoms with Crippen molar-refractivity contribution in [1.82, 2.24) is 39.8 Å². The number of amides is 1. The van der Waals surface area contributed by atoms with Crippen molar-refractivity contribution < 1.29 is 4.79 Å². The Bertz CT molecular complexity index is 1180. The van der Waals surface area contributed by atoms with E-state index in [0.717, 1.165) is 0 Å². The number of imidazole rings is 1. The van der Waals surface area contributed by atoms with E-state index in [1.165, 1.54) is 29.5 Å². The maximum absolute atomic E-state index is 12.4. The van der Waals surface area contributed by atoms with Crippen molar-refractivity contribution in [3.63, 3.8) is 0 Å². The molecule has 27 heavy (non-hydrogen) atoms. The molecule has 0 aliphatic rings. The summed E-state index contributed by atoms with van der Waals surface area (Å²) in [6.07, 6.45) is 5.91. The largest absolute Gasteiger partial charge is 0.345 e. The minimum atomic E-state index is -0.333. The number of H-pyrrole nitrogens is 1. The minimum absolute atomic E-state index is 0.0739. The molecule has 10 nitrogen and oxygen atoms in total. The van der Waals surface area contributed by atoms with Gasteiger partial charge in [0.1, 0.15) is 12.2 Å². The van der Waals surface area contributed by atoms with Crippen LogP contribution in [0.25, 0.3) is 22.6 Å². The number of hydrogen-bond donors (Lipinski definition) is 2. The van der Waals surface area contributed by atoms with Gasteiger partial charge in [0.05, 0.1) is 35.3 Å². The van der Waals surface area contributed by atoms with E-state index in [4.69, 9.17) is 0 Å². The Balaban J connectivity index is 1.57. The van der Waals surface area contributed by atoms with Gasteiger partial charge < -0.3 is 10.3 Å². The Labute approximate surface area is 152 Å². The molecule has 4 rings (SSSR count). The molecule has 4 heterocycles. The third-order valence-electron chi connectivity index (χ3n) is 4.01. The van der Waals surface area contributed by atoms with Crippen LogP contribution in [0.2, 0.25) is 0 Å². The van der Waals surface area contributed by atoms with E-state index in [-0.39, 0.29) is 18.0 Å². The van der Waals surface area contributed by atoms with Gasteiger partial charge in [0, 0.05) is 25.5 Å². The number of nitrogens with zero attached hydrogens (tertiary/aromatic N) is 6. The zero-order valence-electron chi connectivity index (χ0n) is 14.2. The lowest BCUT2D eigenvalue weighted by Crippen LogP contribution is -2.29. The molecule has 0 aromatic carbocycles. The summed E-state index contributed by atoms with van der Waals surface area (Å²) in [6.45, 7) is 0.0739. The van der Waals surface area contributed by atoms with E-state index in [1.807, 2.05) is 0 Å². The molecule has 0 atom stereocenters. The predicted molar refractivity (Wildman–Crippen MR) is 95.6 cm³/mol. The second-order valence-electron chi connectivity index (χ2n) is 5.73. The second-order valence-corrected chi connectivity index (χ2v) is 5.73. The van der Waals surface area contributed by atoms with Gasteiger partial charge in [-0.05, 0) is 12.1 Å². The highest BCUT2D eigenvalue weighted by Crippen LogP contribution is 2.11. The summed E-state index contributed by atoms with van der Waals surface area (Å²) in [5.74, 6) is 0.0701. The van der Waals surface area contributed by atoms with Crippen molar-refractivity contribution in [3.8, 4) is 11.4 Å². The number of fused-ring (bicyclic) bond motifs is 1. The van der Waals surface area contributed by atoms with Crippen molar-refractivity contribution >= 4 is 17.1 Å². The maximum atomic E-state index is 12.4. The molecule has 4 aromatic heterocycles. The first-order valence-corrected chi connectivity index (χ1v) is 8.02. The Morgan fingerprint density at radius 3 is 2.93 bits per heavy atom. The van der Waals surface area contributed by atoms with Crippen molar-refractivity contribution in [2.45, 2.75) is 6.54 Å². The van der Waals surface area contributed by atoms with Gasteiger partial charge in [-0.1, -0.05) is 0 Å². The van der Waals surface area contributed by atoms with Crippen molar-refractivity contribution in [2.75, 3.05) is 0 Å². The SMILES string of the molecule is Cn1c(CNC(=O)c2cnc3nc[nH]c3c2)nc(-c2ccncn2)cc1=O. The van der Waals surface area contributed by atoms with Gasteiger partial charge in [-0.25, -0.2) is 24.9 Å². The van der Waals surface area contributed by atoms with Gasteiger partial charge in [-0.3, -0.25) is 14.2 Å². The van der Waals surface area contributed by atoms with Crippen molar-refractivity contribution in [1.29, 1.82) is 0 Å². The third-order valence-corrected chi connectivity index (χ3v) is 4.01. The zero-order valence-corrected chi connectivity index (χ0v) is 14.2. The van der Waals surface area contributed by atoms with Crippen LogP contribution < -0.4 is 10.9 Å². The van der Waals surface area contributed by atoms with Crippen LogP contribution >= 0.6 is 0 Å². The summed E-state index contributed by atoms with van der Waals surface area (Å²) in [6, 6.07) is 4.72. The monoisotopic (exact) mass is 362 g/mol. The lowest BCUT2D eigenvalue weighted by molar-refractivity contribution is 0.0949. The summed E-state index contributed by atoms with van der Waals surface area (Å²) in [7, 11) is 1.60. The summed E-state index contributed by atoms with van der Waals surface area (Å²) in [5.41, 5.74) is 2.29. The molecule has 0 radical (unpaired) electrons. The molecule has 0 unspecified atom stereocenters. The van der Waals surface area contributed by atoms with E-state index in [2.05, 4.69) is 35.2 Å². The Morgan fingerprint density at radius 2 is 2.11 bits per heavy atom. The van der Waals surface area contributed by atoms with E-state index < -0.39 is 0 Å². The average Bonchev–Trinajstić information content (AvgIpc) is 3.17. The number of pyridine rings is 1. The Kier molecular flexibility index (Phi) is 4.13. The summed E-state index contributed by atoms with van der Waals surface area (Å²) in [5, 5.41) is 2.75. The molecule has 134 valence electrons. The molecular weight excluding hydrogens is 348 g/mol. The van der Waals surface area contributed by atoms with E-state index in [0.29, 0.717) is 33.9 Å². The van der Waals surface area contributed by atoms with Crippen LogP contribution in [-0.4, -0.2) is 40.4 Å². The fourth-order valence-electron chi connectivity index (χ4n) is 2.53. The smallest absolute Gasteiger partial charge is 0.253 e. The van der Waals surface area contributed by atoms with Crippen LogP contribution in [0.3, 0.4) is 0 Å². The number of hydrogen-bond acceptors (Lipinski definition) is 7. The number of rotatable bonds is 4. The topological polar surface area (TPSA) is 131 Å². The Morgan fingerprint density at radius 1 is 1.22 bits per heavy atom. The quantitative estimate of drug-likeness (QED) is 0.538. The molecule has 0 aliphatic heterocycles. The van der Waals surface area contributed by atoms with Gasteiger partial charge in [0.25, 0.3) is 11.5 Å². The fraction of sp³-hybridized carbons (Fsp3) is 0.118. The van der Waals surface area contributed by atoms with Crippen molar-refractivity contribution in [2.24, 2.45) is 7.05 Å². The zero-order chi connectivity index (χ0) is 18.8. The number of carbonyl (C=O) groups is 1. The lowest BCUT2D eigenvalue weighted by Gasteiger charge is -2.10. The highest BCUT2D eigenvalue weighted by Gasteiger charge is 2.12. The normalized spacial score (nSPS) is 10.9. The first kappa shape index (κ1) is 16.5. The molecule has 4 aromatic rings. The number of carbonyl (C=O) groups excluding carboxylic acids is 1. The van der Waals surface area contributed by atoms with Crippen LogP contribution in [0.1, 0.15) is 16.2 Å². The molecule has 0 saturated carbocycles. The summed E-state index contributed by atoms with van der Waals surface area (Å²) < 4.78 is 1.38. The van der Waals surface area contributed by atoms with Gasteiger partial charge in [-0.2, -0.15) is 0 Å². The van der Waals surface area contributed by atoms with Crippen LogP contribution in [0, 0.1) is 0 Å². The summed E-state index contributed by atoms with van der Waals surface area (Å²) >= 11 is 0. The molecule has 0 saturated heterocycles. The maximum Gasteiger partial charge on any atom is 0.253 e. The van der Waals surface area contributed by atoms with E-state index >= 15 is 0 Å². The summed E-state index contributed by atoms with van der Waals surface area (Å²) in [4.78, 5) is 48.1. The Hall–Kier alpha value is -3.95. The standard InChI is InChI=1S/C17H14N8O2/c1-25-14(24-12(5-15(25)26)11-2-3-18-8-21-11)7-20-17(27)10-4-13-16(19-6-10)23-9-22-13/h2-6,8-9H,7H2,1H3,(H,20,27)(H,19,22,23). The molecule has 0 fully saturated rings. The van der Waals surface area contributed by atoms with Gasteiger partial charge in [0.2, 0.25) is 0 Å². The molecule has 2 N–H and O–H groups in total. The van der Waals surface area contributed by atoms with Gasteiger partial charge in [0.15, 0.2) is 5.65 Å². The highest BCUT2D eigenvalue weighted by molar-refractivity contribution is 5.96. The molecule has 0 bridgehead atoms. The second kappa shape index (κ2) is 6.75. The van der Waals surface area contributed by atoms with Crippen molar-refractivity contribution in [3.05, 3.63) is 65.0 Å². The van der Waals surface area contributed by atoms with Crippen LogP contribution in [-0.2, 0) is 13.6 Å². The van der Waals surface area contributed by atoms with Gasteiger partial charge >= 0.3 is 0 Å². The molecule has 0 aliphatic carbocycles. The molecule has 0 spiro atoms. The predicted octanol–water partition coefficient (Wildman–Crippen LogP) is 0.439. The highest BCUT2D eigenvalue weighted by atomic mass is 16.1. The first-order chi connectivity index (χ1) is 13.1. The fourth-order valence-corrected chi connectivity index (χ4v) is 2.53. The van der Waals surface area contributed by atoms with Gasteiger partial charge in [-0.15, -0.1) is 0 Å². The molecule has 1 amide bonds. The van der Waals surface area contributed by atoms with E-state index in [1.54, 1.807) is 25.4 Å². The molecular formula is C17H14N8O2. The van der Waals surface area contributed by atoms with Crippen LogP contribution in [0.5, 0.6) is 0 Å². The first-order valence-electron chi connectivity index (χ1n) is 8.02. The third kappa shape index (κ3) is 3.27.